The van der Waals surface area contributed by atoms with E-state index in [1.807, 2.05) is 36.9 Å². The standard InChI is InChI=1S/C16H20N2O/c1-13-4-3-5-14(10-13)11-15(19)18-8-6-16(2,12-17)7-9-18/h3-5,10H,6-9,11H2,1-2H3. The molecule has 0 N–H and O–H groups in total. The van der Waals surface area contributed by atoms with Gasteiger partial charge in [0.05, 0.1) is 17.9 Å². The van der Waals surface area contributed by atoms with Crippen molar-refractivity contribution in [3.05, 3.63) is 35.4 Å². The lowest BCUT2D eigenvalue weighted by Gasteiger charge is -2.35. The second-order valence-electron chi connectivity index (χ2n) is 5.72. The van der Waals surface area contributed by atoms with Crippen molar-refractivity contribution in [2.75, 3.05) is 13.1 Å². The van der Waals surface area contributed by atoms with E-state index in [9.17, 15) is 4.79 Å². The highest BCUT2D eigenvalue weighted by Crippen LogP contribution is 2.29. The second-order valence-corrected chi connectivity index (χ2v) is 5.72. The lowest BCUT2D eigenvalue weighted by Crippen LogP contribution is -2.42. The van der Waals surface area contributed by atoms with E-state index in [2.05, 4.69) is 12.1 Å². The third kappa shape index (κ3) is 3.35. The fraction of sp³-hybridized carbons (Fsp3) is 0.500. The van der Waals surface area contributed by atoms with Crippen molar-refractivity contribution in [3.8, 4) is 6.07 Å². The van der Waals surface area contributed by atoms with Gasteiger partial charge in [-0.15, -0.1) is 0 Å². The van der Waals surface area contributed by atoms with E-state index in [1.165, 1.54) is 5.56 Å². The molecule has 1 aliphatic rings. The third-order valence-electron chi connectivity index (χ3n) is 3.93. The summed E-state index contributed by atoms with van der Waals surface area (Å²) in [5.41, 5.74) is 2.00. The van der Waals surface area contributed by atoms with Crippen LogP contribution in [-0.4, -0.2) is 23.9 Å². The van der Waals surface area contributed by atoms with Crippen molar-refractivity contribution in [2.24, 2.45) is 5.41 Å². The number of rotatable bonds is 2. The molecule has 1 amide bonds. The van der Waals surface area contributed by atoms with Crippen molar-refractivity contribution in [2.45, 2.75) is 33.1 Å². The Labute approximate surface area is 114 Å². The van der Waals surface area contributed by atoms with E-state index in [0.29, 0.717) is 19.5 Å². The summed E-state index contributed by atoms with van der Waals surface area (Å²) in [6.07, 6.45) is 2.02. The molecule has 1 heterocycles. The van der Waals surface area contributed by atoms with E-state index >= 15 is 0 Å². The first kappa shape index (κ1) is 13.6. The fourth-order valence-electron chi connectivity index (χ4n) is 2.47. The molecule has 0 aliphatic carbocycles. The minimum absolute atomic E-state index is 0.172. The molecule has 19 heavy (non-hydrogen) atoms. The third-order valence-corrected chi connectivity index (χ3v) is 3.93. The zero-order valence-corrected chi connectivity index (χ0v) is 11.6. The van der Waals surface area contributed by atoms with Crippen LogP contribution in [0.3, 0.4) is 0 Å². The lowest BCUT2D eigenvalue weighted by molar-refractivity contribution is -0.132. The summed E-state index contributed by atoms with van der Waals surface area (Å²) in [4.78, 5) is 14.1. The molecule has 3 heteroatoms. The molecular weight excluding hydrogens is 236 g/mol. The molecule has 1 aromatic carbocycles. The van der Waals surface area contributed by atoms with Gasteiger partial charge in [-0.2, -0.15) is 5.26 Å². The smallest absolute Gasteiger partial charge is 0.226 e. The number of carbonyl (C=O) groups excluding carboxylic acids is 1. The van der Waals surface area contributed by atoms with Crippen LogP contribution in [0.2, 0.25) is 0 Å². The van der Waals surface area contributed by atoms with Crippen molar-refractivity contribution in [1.29, 1.82) is 5.26 Å². The van der Waals surface area contributed by atoms with Crippen LogP contribution in [0.5, 0.6) is 0 Å². The Morgan fingerprint density at radius 2 is 2.11 bits per heavy atom. The molecule has 100 valence electrons. The molecule has 1 fully saturated rings. The number of aryl methyl sites for hydroxylation is 1. The molecule has 0 atom stereocenters. The van der Waals surface area contributed by atoms with Gasteiger partial charge in [0.2, 0.25) is 5.91 Å². The van der Waals surface area contributed by atoms with Crippen LogP contribution in [0.4, 0.5) is 0 Å². The number of hydrogen-bond donors (Lipinski definition) is 0. The minimum atomic E-state index is -0.250. The molecule has 0 bridgehead atoms. The van der Waals surface area contributed by atoms with Crippen LogP contribution < -0.4 is 0 Å². The van der Waals surface area contributed by atoms with Gasteiger partial charge in [0.15, 0.2) is 0 Å². The first-order valence-electron chi connectivity index (χ1n) is 6.77. The Bertz CT molecular complexity index is 508. The van der Waals surface area contributed by atoms with Crippen molar-refractivity contribution >= 4 is 5.91 Å². The first-order chi connectivity index (χ1) is 9.02. The number of nitrogens with zero attached hydrogens (tertiary/aromatic N) is 2. The Balaban J connectivity index is 1.94. The molecule has 0 unspecified atom stereocenters. The Hall–Kier alpha value is -1.82. The van der Waals surface area contributed by atoms with Crippen LogP contribution in [-0.2, 0) is 11.2 Å². The van der Waals surface area contributed by atoms with Gasteiger partial charge < -0.3 is 4.90 Å². The topological polar surface area (TPSA) is 44.1 Å². The predicted octanol–water partition coefficient (Wildman–Crippen LogP) is 2.69. The van der Waals surface area contributed by atoms with Gasteiger partial charge >= 0.3 is 0 Å². The SMILES string of the molecule is Cc1cccc(CC(=O)N2CCC(C)(C#N)CC2)c1. The molecule has 2 rings (SSSR count). The van der Waals surface area contributed by atoms with Crippen LogP contribution in [0.15, 0.2) is 24.3 Å². The Morgan fingerprint density at radius 1 is 1.42 bits per heavy atom. The van der Waals surface area contributed by atoms with Crippen LogP contribution in [0.25, 0.3) is 0 Å². The largest absolute Gasteiger partial charge is 0.342 e. The summed E-state index contributed by atoms with van der Waals surface area (Å²) in [5, 5.41) is 9.09. The number of nitriles is 1. The molecular formula is C16H20N2O. The lowest BCUT2D eigenvalue weighted by atomic mass is 9.82. The molecule has 3 nitrogen and oxygen atoms in total. The molecule has 1 aliphatic heterocycles. The summed E-state index contributed by atoms with van der Waals surface area (Å²) >= 11 is 0. The maximum Gasteiger partial charge on any atom is 0.226 e. The summed E-state index contributed by atoms with van der Waals surface area (Å²) < 4.78 is 0. The monoisotopic (exact) mass is 256 g/mol. The van der Waals surface area contributed by atoms with Gasteiger partial charge in [-0.25, -0.2) is 0 Å². The van der Waals surface area contributed by atoms with E-state index in [4.69, 9.17) is 5.26 Å². The van der Waals surface area contributed by atoms with Crippen LogP contribution >= 0.6 is 0 Å². The summed E-state index contributed by atoms with van der Waals surface area (Å²) in [5.74, 6) is 0.172. The highest BCUT2D eigenvalue weighted by Gasteiger charge is 2.31. The van der Waals surface area contributed by atoms with Gasteiger partial charge in [-0.05, 0) is 32.3 Å². The number of likely N-dealkylation sites (tertiary alicyclic amines) is 1. The van der Waals surface area contributed by atoms with Gasteiger partial charge in [-0.3, -0.25) is 4.79 Å². The molecule has 0 spiro atoms. The fourth-order valence-corrected chi connectivity index (χ4v) is 2.47. The second kappa shape index (κ2) is 5.44. The van der Waals surface area contributed by atoms with Crippen LogP contribution in [0.1, 0.15) is 30.9 Å². The number of piperidine rings is 1. The number of hydrogen-bond acceptors (Lipinski definition) is 2. The number of benzene rings is 1. The Morgan fingerprint density at radius 3 is 2.68 bits per heavy atom. The molecule has 0 saturated carbocycles. The predicted molar refractivity (Wildman–Crippen MR) is 74.4 cm³/mol. The average Bonchev–Trinajstić information content (AvgIpc) is 2.39. The quantitative estimate of drug-likeness (QED) is 0.816. The zero-order chi connectivity index (χ0) is 13.9. The minimum Gasteiger partial charge on any atom is -0.342 e. The number of amides is 1. The van der Waals surface area contributed by atoms with Crippen LogP contribution in [0, 0.1) is 23.7 Å². The molecule has 0 radical (unpaired) electrons. The van der Waals surface area contributed by atoms with Crippen molar-refractivity contribution < 1.29 is 4.79 Å². The van der Waals surface area contributed by atoms with Gasteiger partial charge in [0.25, 0.3) is 0 Å². The van der Waals surface area contributed by atoms with Gasteiger partial charge in [0, 0.05) is 13.1 Å². The van der Waals surface area contributed by atoms with E-state index in [1.54, 1.807) is 0 Å². The summed E-state index contributed by atoms with van der Waals surface area (Å²) in [6.45, 7) is 5.42. The van der Waals surface area contributed by atoms with Gasteiger partial charge in [0.1, 0.15) is 0 Å². The molecule has 1 saturated heterocycles. The van der Waals surface area contributed by atoms with Gasteiger partial charge in [-0.1, -0.05) is 29.8 Å². The number of carbonyl (C=O) groups is 1. The molecule has 0 aromatic heterocycles. The van der Waals surface area contributed by atoms with E-state index in [-0.39, 0.29) is 11.3 Å². The average molecular weight is 256 g/mol. The molecule has 1 aromatic rings. The van der Waals surface area contributed by atoms with Crippen molar-refractivity contribution in [3.63, 3.8) is 0 Å². The Kier molecular flexibility index (Phi) is 3.90. The maximum atomic E-state index is 12.2. The zero-order valence-electron chi connectivity index (χ0n) is 11.6. The first-order valence-corrected chi connectivity index (χ1v) is 6.77. The van der Waals surface area contributed by atoms with E-state index < -0.39 is 0 Å². The van der Waals surface area contributed by atoms with Crippen molar-refractivity contribution in [1.82, 2.24) is 4.90 Å². The maximum absolute atomic E-state index is 12.2. The normalized spacial score (nSPS) is 17.8. The highest BCUT2D eigenvalue weighted by molar-refractivity contribution is 5.79. The summed E-state index contributed by atoms with van der Waals surface area (Å²) in [7, 11) is 0. The highest BCUT2D eigenvalue weighted by atomic mass is 16.2. The summed E-state index contributed by atoms with van der Waals surface area (Å²) in [6, 6.07) is 10.4. The van der Waals surface area contributed by atoms with E-state index in [0.717, 1.165) is 18.4 Å².